The molecule has 15 heavy (non-hydrogen) atoms. The van der Waals surface area contributed by atoms with Gasteiger partial charge in [0.05, 0.1) is 10.0 Å². The number of benzene rings is 2. The Morgan fingerprint density at radius 1 is 0.800 bits per heavy atom. The Balaban J connectivity index is 2.63. The molecule has 0 aromatic heterocycles. The lowest BCUT2D eigenvalue weighted by atomic mass is 10.1. The lowest BCUT2D eigenvalue weighted by Gasteiger charge is -2.06. The number of hydrogen-bond acceptors (Lipinski definition) is 0. The largest absolute Gasteiger partial charge is 0.0843 e. The van der Waals surface area contributed by atoms with Crippen molar-refractivity contribution in [3.8, 4) is 11.1 Å². The minimum absolute atomic E-state index is 0.475. The van der Waals surface area contributed by atoms with E-state index in [9.17, 15) is 0 Å². The van der Waals surface area contributed by atoms with Gasteiger partial charge in [-0.15, -0.1) is 0 Å². The Hall–Kier alpha value is -0.690. The van der Waals surface area contributed by atoms with Gasteiger partial charge < -0.3 is 0 Å². The lowest BCUT2D eigenvalue weighted by Crippen LogP contribution is -1.80. The maximum Gasteiger partial charge on any atom is 0.0671 e. The van der Waals surface area contributed by atoms with Crippen molar-refractivity contribution in [2.24, 2.45) is 0 Å². The summed E-state index contributed by atoms with van der Waals surface area (Å²) in [6.45, 7) is 0. The molecule has 0 atom stereocenters. The highest BCUT2D eigenvalue weighted by atomic mass is 35.5. The van der Waals surface area contributed by atoms with Gasteiger partial charge in [0.15, 0.2) is 0 Å². The summed E-state index contributed by atoms with van der Waals surface area (Å²) in [4.78, 5) is 0. The van der Waals surface area contributed by atoms with E-state index in [1.165, 1.54) is 0 Å². The van der Waals surface area contributed by atoms with Gasteiger partial charge in [-0.2, -0.15) is 0 Å². The summed E-state index contributed by atoms with van der Waals surface area (Å²) in [7, 11) is 0. The molecule has 0 spiro atoms. The molecule has 0 nitrogen and oxygen atoms in total. The third-order valence-electron chi connectivity index (χ3n) is 2.08. The molecule has 2 aromatic carbocycles. The maximum atomic E-state index is 6.11. The molecular formula is C12H7Cl3. The van der Waals surface area contributed by atoms with Crippen LogP contribution in [0.4, 0.5) is 0 Å². The average Bonchev–Trinajstić information content (AvgIpc) is 2.24. The van der Waals surface area contributed by atoms with Crippen molar-refractivity contribution in [1.29, 1.82) is 0 Å². The SMILES string of the molecule is Clc1cc(Cl)c(Cl)c(-c2ccccc2)c1. The van der Waals surface area contributed by atoms with Gasteiger partial charge in [-0.1, -0.05) is 65.1 Å². The second kappa shape index (κ2) is 4.44. The second-order valence-corrected chi connectivity index (χ2v) is 4.34. The molecule has 0 heterocycles. The molecule has 2 rings (SSSR count). The normalized spacial score (nSPS) is 10.3. The molecule has 0 unspecified atom stereocenters. The fourth-order valence-electron chi connectivity index (χ4n) is 1.38. The van der Waals surface area contributed by atoms with Gasteiger partial charge in [-0.25, -0.2) is 0 Å². The van der Waals surface area contributed by atoms with Gasteiger partial charge in [0.2, 0.25) is 0 Å². The van der Waals surface area contributed by atoms with Crippen molar-refractivity contribution in [2.45, 2.75) is 0 Å². The summed E-state index contributed by atoms with van der Waals surface area (Å²) in [5.74, 6) is 0. The van der Waals surface area contributed by atoms with E-state index in [-0.39, 0.29) is 0 Å². The highest BCUT2D eigenvalue weighted by Gasteiger charge is 2.08. The fraction of sp³-hybridized carbons (Fsp3) is 0. The zero-order valence-electron chi connectivity index (χ0n) is 7.68. The van der Waals surface area contributed by atoms with Gasteiger partial charge in [0.1, 0.15) is 0 Å². The quantitative estimate of drug-likeness (QED) is 0.607. The van der Waals surface area contributed by atoms with E-state index in [2.05, 4.69) is 0 Å². The molecule has 0 N–H and O–H groups in total. The van der Waals surface area contributed by atoms with Crippen LogP contribution in [0.15, 0.2) is 42.5 Å². The highest BCUT2D eigenvalue weighted by molar-refractivity contribution is 6.45. The summed E-state index contributed by atoms with van der Waals surface area (Å²) in [6.07, 6.45) is 0. The van der Waals surface area contributed by atoms with Crippen LogP contribution in [0, 0.1) is 0 Å². The first kappa shape index (κ1) is 10.8. The molecule has 0 saturated heterocycles. The standard InChI is InChI=1S/C12H7Cl3/c13-9-6-10(12(15)11(14)7-9)8-4-2-1-3-5-8/h1-7H. The van der Waals surface area contributed by atoms with Crippen LogP contribution in [0.3, 0.4) is 0 Å². The molecule has 76 valence electrons. The monoisotopic (exact) mass is 256 g/mol. The van der Waals surface area contributed by atoms with Crippen LogP contribution in [-0.4, -0.2) is 0 Å². The van der Waals surface area contributed by atoms with Crippen LogP contribution < -0.4 is 0 Å². The zero-order chi connectivity index (χ0) is 10.8. The van der Waals surface area contributed by atoms with Crippen LogP contribution in [0.1, 0.15) is 0 Å². The molecule has 0 radical (unpaired) electrons. The maximum absolute atomic E-state index is 6.11. The minimum Gasteiger partial charge on any atom is -0.0843 e. The summed E-state index contributed by atoms with van der Waals surface area (Å²) in [6, 6.07) is 13.2. The molecule has 3 heteroatoms. The van der Waals surface area contributed by atoms with Crippen LogP contribution in [-0.2, 0) is 0 Å². The molecule has 0 saturated carbocycles. The average molecular weight is 258 g/mol. The molecular weight excluding hydrogens is 250 g/mol. The predicted molar refractivity (Wildman–Crippen MR) is 66.9 cm³/mol. The van der Waals surface area contributed by atoms with E-state index in [1.807, 2.05) is 36.4 Å². The summed E-state index contributed by atoms with van der Waals surface area (Å²) < 4.78 is 0. The summed E-state index contributed by atoms with van der Waals surface area (Å²) >= 11 is 18.0. The Morgan fingerprint density at radius 2 is 1.47 bits per heavy atom. The Morgan fingerprint density at radius 3 is 2.13 bits per heavy atom. The Kier molecular flexibility index (Phi) is 3.20. The number of hydrogen-bond donors (Lipinski definition) is 0. The van der Waals surface area contributed by atoms with E-state index in [0.29, 0.717) is 15.1 Å². The van der Waals surface area contributed by atoms with Crippen LogP contribution in [0.25, 0.3) is 11.1 Å². The molecule has 0 aliphatic rings. The van der Waals surface area contributed by atoms with Gasteiger partial charge in [-0.05, 0) is 17.7 Å². The number of halogens is 3. The third kappa shape index (κ3) is 2.28. The van der Waals surface area contributed by atoms with E-state index in [4.69, 9.17) is 34.8 Å². The van der Waals surface area contributed by atoms with Crippen molar-refractivity contribution in [3.05, 3.63) is 57.5 Å². The van der Waals surface area contributed by atoms with Crippen LogP contribution in [0.2, 0.25) is 15.1 Å². The van der Waals surface area contributed by atoms with Gasteiger partial charge in [-0.3, -0.25) is 0 Å². The molecule has 0 aliphatic carbocycles. The number of rotatable bonds is 1. The van der Waals surface area contributed by atoms with Gasteiger partial charge in [0.25, 0.3) is 0 Å². The van der Waals surface area contributed by atoms with Gasteiger partial charge >= 0.3 is 0 Å². The van der Waals surface area contributed by atoms with Crippen molar-refractivity contribution in [2.75, 3.05) is 0 Å². The molecule has 0 aliphatic heterocycles. The lowest BCUT2D eigenvalue weighted by molar-refractivity contribution is 1.62. The van der Waals surface area contributed by atoms with Crippen molar-refractivity contribution < 1.29 is 0 Å². The van der Waals surface area contributed by atoms with Crippen LogP contribution >= 0.6 is 34.8 Å². The zero-order valence-corrected chi connectivity index (χ0v) is 9.94. The first-order valence-electron chi connectivity index (χ1n) is 4.38. The first-order valence-corrected chi connectivity index (χ1v) is 5.52. The second-order valence-electron chi connectivity index (χ2n) is 3.12. The topological polar surface area (TPSA) is 0 Å². The smallest absolute Gasteiger partial charge is 0.0671 e. The fourth-order valence-corrected chi connectivity index (χ4v) is 2.10. The van der Waals surface area contributed by atoms with E-state index >= 15 is 0 Å². The van der Waals surface area contributed by atoms with Crippen molar-refractivity contribution >= 4 is 34.8 Å². The summed E-state index contributed by atoms with van der Waals surface area (Å²) in [5.41, 5.74) is 1.86. The minimum atomic E-state index is 0.475. The third-order valence-corrected chi connectivity index (χ3v) is 3.10. The highest BCUT2D eigenvalue weighted by Crippen LogP contribution is 2.36. The molecule has 2 aromatic rings. The predicted octanol–water partition coefficient (Wildman–Crippen LogP) is 5.31. The van der Waals surface area contributed by atoms with Gasteiger partial charge in [0, 0.05) is 10.6 Å². The molecule has 0 fully saturated rings. The molecule has 0 amide bonds. The summed E-state index contributed by atoms with van der Waals surface area (Å²) in [5, 5.41) is 1.60. The Bertz CT molecular complexity index is 478. The van der Waals surface area contributed by atoms with E-state index < -0.39 is 0 Å². The van der Waals surface area contributed by atoms with E-state index in [1.54, 1.807) is 6.07 Å². The first-order chi connectivity index (χ1) is 7.18. The van der Waals surface area contributed by atoms with Crippen molar-refractivity contribution in [1.82, 2.24) is 0 Å². The van der Waals surface area contributed by atoms with E-state index in [0.717, 1.165) is 11.1 Å². The molecule has 0 bridgehead atoms. The van der Waals surface area contributed by atoms with Crippen molar-refractivity contribution in [3.63, 3.8) is 0 Å². The van der Waals surface area contributed by atoms with Crippen LogP contribution in [0.5, 0.6) is 0 Å². The Labute approximate surface area is 103 Å².